The second-order valence-electron chi connectivity index (χ2n) is 5.72. The highest BCUT2D eigenvalue weighted by Gasteiger charge is 2.51. The topological polar surface area (TPSA) is 50.4 Å². The third-order valence-electron chi connectivity index (χ3n) is 4.68. The van der Waals surface area contributed by atoms with E-state index in [1.54, 1.807) is 0 Å². The molecule has 2 bridgehead atoms. The monoisotopic (exact) mass is 239 g/mol. The lowest BCUT2D eigenvalue weighted by Gasteiger charge is -2.37. The van der Waals surface area contributed by atoms with Gasteiger partial charge in [-0.05, 0) is 61.1 Å². The summed E-state index contributed by atoms with van der Waals surface area (Å²) in [6.07, 6.45) is 7.25. The van der Waals surface area contributed by atoms with Crippen molar-refractivity contribution >= 4 is 23.5 Å². The van der Waals surface area contributed by atoms with Crippen molar-refractivity contribution in [2.45, 2.75) is 39.5 Å². The second-order valence-corrected chi connectivity index (χ2v) is 6.16. The molecule has 0 spiro atoms. The quantitative estimate of drug-likeness (QED) is 0.451. The third kappa shape index (κ3) is 2.08. The van der Waals surface area contributed by atoms with Crippen LogP contribution >= 0.6 is 12.2 Å². The van der Waals surface area contributed by atoms with Gasteiger partial charge in [-0.1, -0.05) is 13.8 Å². The Bertz CT molecular complexity index is 311. The molecule has 2 rings (SSSR count). The number of hydrogen-bond donors (Lipinski definition) is 2. The molecule has 2 aliphatic rings. The lowest BCUT2D eigenvalue weighted by atomic mass is 9.68. The van der Waals surface area contributed by atoms with Gasteiger partial charge in [0.2, 0.25) is 0 Å². The van der Waals surface area contributed by atoms with Crippen molar-refractivity contribution in [3.63, 3.8) is 0 Å². The van der Waals surface area contributed by atoms with Crippen molar-refractivity contribution in [2.24, 2.45) is 34.0 Å². The van der Waals surface area contributed by atoms with E-state index >= 15 is 0 Å². The summed E-state index contributed by atoms with van der Waals surface area (Å²) in [6, 6.07) is 0. The van der Waals surface area contributed by atoms with Crippen LogP contribution in [-0.2, 0) is 0 Å². The van der Waals surface area contributed by atoms with Crippen molar-refractivity contribution in [1.29, 1.82) is 0 Å². The zero-order valence-corrected chi connectivity index (χ0v) is 10.9. The largest absolute Gasteiger partial charge is 0.375 e. The van der Waals surface area contributed by atoms with Crippen molar-refractivity contribution in [1.82, 2.24) is 5.43 Å². The van der Waals surface area contributed by atoms with Gasteiger partial charge >= 0.3 is 0 Å². The Morgan fingerprint density at radius 3 is 2.88 bits per heavy atom. The number of thiocarbonyl (C=S) groups is 1. The highest BCUT2D eigenvalue weighted by molar-refractivity contribution is 7.80. The van der Waals surface area contributed by atoms with Crippen LogP contribution in [0.4, 0.5) is 0 Å². The van der Waals surface area contributed by atoms with Gasteiger partial charge in [-0.2, -0.15) is 5.10 Å². The van der Waals surface area contributed by atoms with Gasteiger partial charge < -0.3 is 5.73 Å². The molecule has 4 heteroatoms. The highest BCUT2D eigenvalue weighted by atomic mass is 32.1. The Hall–Kier alpha value is -0.640. The van der Waals surface area contributed by atoms with E-state index in [9.17, 15) is 0 Å². The minimum Gasteiger partial charge on any atom is -0.375 e. The summed E-state index contributed by atoms with van der Waals surface area (Å²) in [4.78, 5) is 0. The van der Waals surface area contributed by atoms with E-state index in [1.165, 1.54) is 19.3 Å². The molecule has 0 radical (unpaired) electrons. The molecule has 3 nitrogen and oxygen atoms in total. The molecular weight excluding hydrogens is 218 g/mol. The molecule has 2 fully saturated rings. The van der Waals surface area contributed by atoms with Gasteiger partial charge in [0.25, 0.3) is 0 Å². The molecule has 3 N–H and O–H groups in total. The van der Waals surface area contributed by atoms with Crippen molar-refractivity contribution < 1.29 is 0 Å². The molecular formula is C12H21N3S. The molecule has 0 amide bonds. The van der Waals surface area contributed by atoms with Crippen LogP contribution in [0, 0.1) is 23.2 Å². The van der Waals surface area contributed by atoms with Crippen LogP contribution in [0.3, 0.4) is 0 Å². The van der Waals surface area contributed by atoms with Crippen molar-refractivity contribution in [3.05, 3.63) is 0 Å². The summed E-state index contributed by atoms with van der Waals surface area (Å²) in [6.45, 7) is 4.83. The SMILES string of the molecule is CC1(C)C2CCC(C2)C1CC=NNC(N)=S. The van der Waals surface area contributed by atoms with Gasteiger partial charge in [-0.15, -0.1) is 0 Å². The van der Waals surface area contributed by atoms with Gasteiger partial charge in [0.15, 0.2) is 5.11 Å². The maximum Gasteiger partial charge on any atom is 0.184 e. The fraction of sp³-hybridized carbons (Fsp3) is 0.833. The van der Waals surface area contributed by atoms with Gasteiger partial charge in [0, 0.05) is 6.21 Å². The Balaban J connectivity index is 1.90. The molecule has 0 saturated heterocycles. The molecule has 0 aliphatic heterocycles. The fourth-order valence-electron chi connectivity index (χ4n) is 3.74. The minimum atomic E-state index is 0.239. The van der Waals surface area contributed by atoms with E-state index in [4.69, 9.17) is 18.0 Å². The molecule has 0 aromatic carbocycles. The zero-order chi connectivity index (χ0) is 11.8. The number of nitrogens with two attached hydrogens (primary N) is 1. The molecule has 90 valence electrons. The van der Waals surface area contributed by atoms with Crippen LogP contribution in [0.25, 0.3) is 0 Å². The average Bonchev–Trinajstić information content (AvgIpc) is 2.72. The van der Waals surface area contributed by atoms with Crippen molar-refractivity contribution in [2.75, 3.05) is 0 Å². The summed E-state index contributed by atoms with van der Waals surface area (Å²) in [7, 11) is 0. The van der Waals surface area contributed by atoms with Gasteiger partial charge in [-0.25, -0.2) is 0 Å². The number of hydrazone groups is 1. The minimum absolute atomic E-state index is 0.239. The Morgan fingerprint density at radius 1 is 1.56 bits per heavy atom. The maximum atomic E-state index is 5.31. The van der Waals surface area contributed by atoms with Crippen LogP contribution < -0.4 is 11.2 Å². The first kappa shape index (κ1) is 11.8. The summed E-state index contributed by atoms with van der Waals surface area (Å²) >= 11 is 4.69. The molecule has 2 aliphatic carbocycles. The molecule has 0 aromatic rings. The standard InChI is InChI=1S/C12H21N3S/c1-12(2)9-4-3-8(7-9)10(12)5-6-14-15-11(13)16/h6,8-10H,3-5,7H2,1-2H3,(H3,13,15,16). The highest BCUT2D eigenvalue weighted by Crippen LogP contribution is 2.60. The first-order chi connectivity index (χ1) is 7.51. The van der Waals surface area contributed by atoms with Crippen molar-refractivity contribution in [3.8, 4) is 0 Å². The van der Waals surface area contributed by atoms with E-state index in [2.05, 4.69) is 24.4 Å². The predicted molar refractivity (Wildman–Crippen MR) is 71.1 cm³/mol. The molecule has 16 heavy (non-hydrogen) atoms. The van der Waals surface area contributed by atoms with Crippen LogP contribution in [0.15, 0.2) is 5.10 Å². The number of nitrogens with one attached hydrogen (secondary N) is 1. The first-order valence-electron chi connectivity index (χ1n) is 6.08. The Kier molecular flexibility index (Phi) is 3.19. The fourth-order valence-corrected chi connectivity index (χ4v) is 3.79. The smallest absolute Gasteiger partial charge is 0.184 e. The summed E-state index contributed by atoms with van der Waals surface area (Å²) in [5.41, 5.74) is 8.41. The predicted octanol–water partition coefficient (Wildman–Crippen LogP) is 2.27. The molecule has 2 saturated carbocycles. The number of nitrogens with zero attached hydrogens (tertiary/aromatic N) is 1. The van der Waals surface area contributed by atoms with Crippen LogP contribution in [0.2, 0.25) is 0 Å². The Morgan fingerprint density at radius 2 is 2.31 bits per heavy atom. The lowest BCUT2D eigenvalue weighted by Crippen LogP contribution is -2.31. The molecule has 0 heterocycles. The second kappa shape index (κ2) is 4.32. The number of hydrogen-bond acceptors (Lipinski definition) is 2. The van der Waals surface area contributed by atoms with Gasteiger partial charge in [-0.3, -0.25) is 5.43 Å². The van der Waals surface area contributed by atoms with E-state index < -0.39 is 0 Å². The van der Waals surface area contributed by atoms with Crippen LogP contribution in [0.1, 0.15) is 39.5 Å². The normalized spacial score (nSPS) is 35.8. The molecule has 3 unspecified atom stereocenters. The van der Waals surface area contributed by atoms with Crippen LogP contribution in [-0.4, -0.2) is 11.3 Å². The van der Waals surface area contributed by atoms with E-state index in [0.29, 0.717) is 5.41 Å². The van der Waals surface area contributed by atoms with Crippen LogP contribution in [0.5, 0.6) is 0 Å². The maximum absolute atomic E-state index is 5.31. The third-order valence-corrected chi connectivity index (χ3v) is 4.77. The summed E-state index contributed by atoms with van der Waals surface area (Å²) < 4.78 is 0. The zero-order valence-electron chi connectivity index (χ0n) is 10.1. The summed E-state index contributed by atoms with van der Waals surface area (Å²) in [5.74, 6) is 2.62. The number of rotatable bonds is 3. The number of fused-ring (bicyclic) bond motifs is 2. The van der Waals surface area contributed by atoms with E-state index in [1.807, 2.05) is 6.21 Å². The molecule has 3 atom stereocenters. The van der Waals surface area contributed by atoms with Gasteiger partial charge in [0.05, 0.1) is 0 Å². The van der Waals surface area contributed by atoms with Gasteiger partial charge in [0.1, 0.15) is 0 Å². The Labute approximate surface area is 103 Å². The summed E-state index contributed by atoms with van der Waals surface area (Å²) in [5, 5.41) is 4.28. The van der Waals surface area contributed by atoms with E-state index in [0.717, 1.165) is 24.2 Å². The average molecular weight is 239 g/mol. The van der Waals surface area contributed by atoms with E-state index in [-0.39, 0.29) is 5.11 Å². The molecule has 0 aromatic heterocycles. The lowest BCUT2D eigenvalue weighted by molar-refractivity contribution is 0.129. The first-order valence-corrected chi connectivity index (χ1v) is 6.49.